The van der Waals surface area contributed by atoms with Crippen molar-refractivity contribution in [3.8, 4) is 11.3 Å². The van der Waals surface area contributed by atoms with Crippen molar-refractivity contribution < 1.29 is 9.18 Å². The third-order valence-electron chi connectivity index (χ3n) is 5.71. The number of aryl methyl sites for hydroxylation is 1. The lowest BCUT2D eigenvalue weighted by Gasteiger charge is -2.20. The molecule has 0 bridgehead atoms. The summed E-state index contributed by atoms with van der Waals surface area (Å²) in [5.41, 5.74) is 10.5. The Morgan fingerprint density at radius 3 is 2.82 bits per heavy atom. The van der Waals surface area contributed by atoms with E-state index in [-0.39, 0.29) is 18.1 Å². The standard InChI is InChI=1S/C24H22FN7O/c1-31-21(7-10-28-31)30-24-27-9-6-20(29-24)17-12-16-8-11-32(23(16)19(26)13-17)22(33)14-15-4-2-3-5-18(15)25/h2-7,9-10,12-13H,8,11,14,26H2,1H3,(H,27,29,30). The first-order valence-corrected chi connectivity index (χ1v) is 10.5. The van der Waals surface area contributed by atoms with E-state index < -0.39 is 0 Å². The van der Waals surface area contributed by atoms with Gasteiger partial charge in [0.15, 0.2) is 0 Å². The van der Waals surface area contributed by atoms with E-state index in [1.165, 1.54) is 6.07 Å². The molecule has 1 aliphatic heterocycles. The van der Waals surface area contributed by atoms with Crippen molar-refractivity contribution in [2.75, 3.05) is 22.5 Å². The Hall–Kier alpha value is -4.27. The van der Waals surface area contributed by atoms with E-state index in [0.29, 0.717) is 41.5 Å². The number of nitrogens with zero attached hydrogens (tertiary/aromatic N) is 5. The summed E-state index contributed by atoms with van der Waals surface area (Å²) in [6, 6.07) is 13.8. The maximum absolute atomic E-state index is 14.0. The molecule has 0 saturated heterocycles. The van der Waals surface area contributed by atoms with Crippen molar-refractivity contribution >= 4 is 29.0 Å². The van der Waals surface area contributed by atoms with Crippen LogP contribution >= 0.6 is 0 Å². The molecule has 0 aliphatic carbocycles. The fourth-order valence-electron chi connectivity index (χ4n) is 4.07. The Bertz CT molecular complexity index is 1350. The number of anilines is 4. The second-order valence-corrected chi connectivity index (χ2v) is 7.87. The second-order valence-electron chi connectivity index (χ2n) is 7.87. The van der Waals surface area contributed by atoms with Crippen LogP contribution in [0.4, 0.5) is 27.5 Å². The van der Waals surface area contributed by atoms with Gasteiger partial charge in [0.05, 0.1) is 29.7 Å². The van der Waals surface area contributed by atoms with Crippen LogP contribution in [0.25, 0.3) is 11.3 Å². The van der Waals surface area contributed by atoms with E-state index in [0.717, 1.165) is 16.9 Å². The van der Waals surface area contributed by atoms with E-state index in [1.807, 2.05) is 31.3 Å². The van der Waals surface area contributed by atoms with Gasteiger partial charge in [-0.3, -0.25) is 9.48 Å². The van der Waals surface area contributed by atoms with Gasteiger partial charge < -0.3 is 16.0 Å². The Morgan fingerprint density at radius 1 is 1.18 bits per heavy atom. The third-order valence-corrected chi connectivity index (χ3v) is 5.71. The van der Waals surface area contributed by atoms with Crippen LogP contribution in [0, 0.1) is 5.82 Å². The maximum atomic E-state index is 14.0. The molecule has 0 radical (unpaired) electrons. The monoisotopic (exact) mass is 443 g/mol. The molecule has 0 unspecified atom stereocenters. The molecule has 0 saturated carbocycles. The average molecular weight is 443 g/mol. The van der Waals surface area contributed by atoms with Gasteiger partial charge in [0, 0.05) is 31.4 Å². The van der Waals surface area contributed by atoms with Gasteiger partial charge in [0.25, 0.3) is 0 Å². The van der Waals surface area contributed by atoms with Crippen LogP contribution in [0.3, 0.4) is 0 Å². The van der Waals surface area contributed by atoms with Gasteiger partial charge in [0.2, 0.25) is 11.9 Å². The fourth-order valence-corrected chi connectivity index (χ4v) is 4.07. The summed E-state index contributed by atoms with van der Waals surface area (Å²) in [6.07, 6.45) is 4.02. The number of rotatable bonds is 5. The van der Waals surface area contributed by atoms with Crippen molar-refractivity contribution in [1.82, 2.24) is 19.7 Å². The van der Waals surface area contributed by atoms with Crippen LogP contribution in [0.5, 0.6) is 0 Å². The second kappa shape index (κ2) is 8.34. The van der Waals surface area contributed by atoms with Crippen molar-refractivity contribution in [3.05, 3.63) is 77.9 Å². The van der Waals surface area contributed by atoms with Crippen LogP contribution in [0.1, 0.15) is 11.1 Å². The minimum absolute atomic E-state index is 0.0117. The molecular formula is C24H22FN7O. The molecule has 2 aromatic carbocycles. The zero-order valence-corrected chi connectivity index (χ0v) is 18.0. The molecule has 0 atom stereocenters. The normalized spacial score (nSPS) is 12.6. The number of amides is 1. The maximum Gasteiger partial charge on any atom is 0.231 e. The molecule has 8 nitrogen and oxygen atoms in total. The summed E-state index contributed by atoms with van der Waals surface area (Å²) in [6.45, 7) is 0.507. The molecule has 166 valence electrons. The lowest BCUT2D eigenvalue weighted by molar-refractivity contribution is -0.117. The summed E-state index contributed by atoms with van der Waals surface area (Å²) < 4.78 is 15.7. The molecule has 3 N–H and O–H groups in total. The highest BCUT2D eigenvalue weighted by atomic mass is 19.1. The van der Waals surface area contributed by atoms with Crippen molar-refractivity contribution in [1.29, 1.82) is 0 Å². The molecule has 5 rings (SSSR count). The number of nitrogens with one attached hydrogen (secondary N) is 1. The number of benzene rings is 2. The topological polar surface area (TPSA) is 102 Å². The van der Waals surface area contributed by atoms with E-state index >= 15 is 0 Å². The van der Waals surface area contributed by atoms with Crippen LogP contribution in [0.2, 0.25) is 0 Å². The van der Waals surface area contributed by atoms with Crippen LogP contribution in [-0.2, 0) is 24.7 Å². The Labute approximate surface area is 189 Å². The van der Waals surface area contributed by atoms with Gasteiger partial charge in [-0.15, -0.1) is 0 Å². The number of carbonyl (C=O) groups is 1. The van der Waals surface area contributed by atoms with E-state index in [9.17, 15) is 9.18 Å². The summed E-state index contributed by atoms with van der Waals surface area (Å²) in [5.74, 6) is 0.650. The quantitative estimate of drug-likeness (QED) is 0.458. The number of nitrogens with two attached hydrogens (primary N) is 1. The largest absolute Gasteiger partial charge is 0.397 e. The fraction of sp³-hybridized carbons (Fsp3) is 0.167. The molecule has 2 aromatic heterocycles. The number of nitrogen functional groups attached to an aromatic ring is 1. The Balaban J connectivity index is 1.40. The molecule has 3 heterocycles. The molecular weight excluding hydrogens is 421 g/mol. The molecule has 9 heteroatoms. The Kier molecular flexibility index (Phi) is 5.21. The predicted octanol–water partition coefficient (Wildman–Crippen LogP) is 3.47. The van der Waals surface area contributed by atoms with Crippen molar-refractivity contribution in [3.63, 3.8) is 0 Å². The van der Waals surface area contributed by atoms with Gasteiger partial charge in [0.1, 0.15) is 11.6 Å². The SMILES string of the molecule is Cn1nccc1Nc1nccc(-c2cc(N)c3c(c2)CCN3C(=O)Cc2ccccc2F)n1. The first kappa shape index (κ1) is 20.6. The van der Waals surface area contributed by atoms with E-state index in [4.69, 9.17) is 5.73 Å². The molecule has 4 aromatic rings. The number of aromatic nitrogens is 4. The smallest absolute Gasteiger partial charge is 0.231 e. The van der Waals surface area contributed by atoms with Gasteiger partial charge in [-0.05, 0) is 41.8 Å². The minimum atomic E-state index is -0.382. The Morgan fingerprint density at radius 2 is 2.03 bits per heavy atom. The summed E-state index contributed by atoms with van der Waals surface area (Å²) in [4.78, 5) is 23.5. The molecule has 0 spiro atoms. The van der Waals surface area contributed by atoms with Crippen LogP contribution < -0.4 is 16.0 Å². The summed E-state index contributed by atoms with van der Waals surface area (Å²) in [7, 11) is 1.83. The predicted molar refractivity (Wildman–Crippen MR) is 125 cm³/mol. The number of fused-ring (bicyclic) bond motifs is 1. The van der Waals surface area contributed by atoms with E-state index in [1.54, 1.807) is 40.2 Å². The number of carbonyl (C=O) groups excluding carboxylic acids is 1. The van der Waals surface area contributed by atoms with Crippen molar-refractivity contribution in [2.45, 2.75) is 12.8 Å². The zero-order valence-electron chi connectivity index (χ0n) is 18.0. The van der Waals surface area contributed by atoms with Crippen LogP contribution in [-0.4, -0.2) is 32.2 Å². The lowest BCUT2D eigenvalue weighted by Crippen LogP contribution is -2.31. The highest BCUT2D eigenvalue weighted by Gasteiger charge is 2.28. The number of halogens is 1. The minimum Gasteiger partial charge on any atom is -0.397 e. The lowest BCUT2D eigenvalue weighted by atomic mass is 10.0. The zero-order chi connectivity index (χ0) is 22.9. The highest BCUT2D eigenvalue weighted by Crippen LogP contribution is 2.38. The molecule has 0 fully saturated rings. The van der Waals surface area contributed by atoms with E-state index in [2.05, 4.69) is 20.4 Å². The molecule has 33 heavy (non-hydrogen) atoms. The van der Waals surface area contributed by atoms with Crippen molar-refractivity contribution in [2.24, 2.45) is 7.05 Å². The first-order chi connectivity index (χ1) is 16.0. The van der Waals surface area contributed by atoms with Gasteiger partial charge in [-0.1, -0.05) is 18.2 Å². The highest BCUT2D eigenvalue weighted by molar-refractivity contribution is 6.00. The van der Waals surface area contributed by atoms with Gasteiger partial charge in [-0.2, -0.15) is 5.10 Å². The van der Waals surface area contributed by atoms with Crippen LogP contribution in [0.15, 0.2) is 60.9 Å². The molecule has 1 amide bonds. The third kappa shape index (κ3) is 4.00. The van der Waals surface area contributed by atoms with Gasteiger partial charge in [-0.25, -0.2) is 14.4 Å². The van der Waals surface area contributed by atoms with Gasteiger partial charge >= 0.3 is 0 Å². The molecule has 1 aliphatic rings. The first-order valence-electron chi connectivity index (χ1n) is 10.5. The summed E-state index contributed by atoms with van der Waals surface area (Å²) >= 11 is 0. The summed E-state index contributed by atoms with van der Waals surface area (Å²) in [5, 5.41) is 7.27. The average Bonchev–Trinajstić information content (AvgIpc) is 3.42. The number of hydrogen-bond donors (Lipinski definition) is 2. The number of hydrogen-bond acceptors (Lipinski definition) is 6.